The normalized spacial score (nSPS) is 15.6. The van der Waals surface area contributed by atoms with Gasteiger partial charge in [0.1, 0.15) is 11.5 Å². The van der Waals surface area contributed by atoms with Gasteiger partial charge in [-0.05, 0) is 36.4 Å². The fraction of sp³-hybridized carbons (Fsp3) is 0.269. The highest BCUT2D eigenvalue weighted by molar-refractivity contribution is 7.13. The summed E-state index contributed by atoms with van der Waals surface area (Å²) in [6, 6.07) is 14.7. The Morgan fingerprint density at radius 3 is 2.64 bits per heavy atom. The molecule has 1 aliphatic rings. The van der Waals surface area contributed by atoms with Gasteiger partial charge in [-0.25, -0.2) is 4.98 Å². The summed E-state index contributed by atoms with van der Waals surface area (Å²) < 4.78 is 1.44. The van der Waals surface area contributed by atoms with Crippen LogP contribution in [-0.4, -0.2) is 38.1 Å². The van der Waals surface area contributed by atoms with Crippen molar-refractivity contribution in [1.29, 1.82) is 0 Å². The number of H-pyrrole nitrogens is 1. The Hall–Kier alpha value is -4.05. The first-order chi connectivity index (χ1) is 17.3. The van der Waals surface area contributed by atoms with Crippen LogP contribution in [0.3, 0.4) is 0 Å². The van der Waals surface area contributed by atoms with E-state index in [9.17, 15) is 14.4 Å². The number of anilines is 2. The van der Waals surface area contributed by atoms with E-state index in [2.05, 4.69) is 20.4 Å². The summed E-state index contributed by atoms with van der Waals surface area (Å²) in [4.78, 5) is 48.2. The van der Waals surface area contributed by atoms with Crippen LogP contribution in [0.15, 0.2) is 58.7 Å². The van der Waals surface area contributed by atoms with Crippen molar-refractivity contribution in [2.75, 3.05) is 16.8 Å². The van der Waals surface area contributed by atoms with Gasteiger partial charge in [-0.15, -0.1) is 11.3 Å². The fourth-order valence-corrected chi connectivity index (χ4v) is 4.80. The number of nitrogens with zero attached hydrogens (tertiary/aromatic N) is 4. The van der Waals surface area contributed by atoms with E-state index in [0.29, 0.717) is 17.2 Å². The fourth-order valence-electron chi connectivity index (χ4n) is 4.12. The summed E-state index contributed by atoms with van der Waals surface area (Å²) in [5, 5.41) is 9.50. The van der Waals surface area contributed by atoms with Crippen LogP contribution in [0.4, 0.5) is 11.5 Å². The van der Waals surface area contributed by atoms with Gasteiger partial charge in [-0.2, -0.15) is 9.78 Å². The van der Waals surface area contributed by atoms with Crippen molar-refractivity contribution in [3.8, 4) is 16.5 Å². The summed E-state index contributed by atoms with van der Waals surface area (Å²) in [5.74, 6) is -0.293. The highest BCUT2D eigenvalue weighted by Crippen LogP contribution is 2.30. The first kappa shape index (κ1) is 23.7. The maximum atomic E-state index is 13.3. The third-order valence-corrected chi connectivity index (χ3v) is 7.01. The molecule has 0 spiro atoms. The number of benzene rings is 1. The summed E-state index contributed by atoms with van der Waals surface area (Å²) >= 11 is 1.52. The van der Waals surface area contributed by atoms with Gasteiger partial charge >= 0.3 is 0 Å². The van der Waals surface area contributed by atoms with Gasteiger partial charge < -0.3 is 10.2 Å². The Labute approximate surface area is 211 Å². The lowest BCUT2D eigenvalue weighted by Crippen LogP contribution is -2.29. The predicted octanol–water partition coefficient (Wildman–Crippen LogP) is 4.11. The zero-order valence-electron chi connectivity index (χ0n) is 20.2. The molecular formula is C26H26N6O3S. The molecule has 1 aromatic carbocycles. The van der Waals surface area contributed by atoms with Crippen molar-refractivity contribution in [1.82, 2.24) is 19.7 Å². The van der Waals surface area contributed by atoms with E-state index < -0.39 is 5.92 Å². The average Bonchev–Trinajstić information content (AvgIpc) is 3.59. The standard InChI is InChI=1S/C26H26N6O3S/c1-15(2)19-13-23(33)29-26(27-19)32-22(12-20(30-32)21-5-4-10-36-21)28-25(35)17-11-24(34)31(14-17)18-8-6-16(3)7-9-18/h4-10,12-13,15,17H,11,14H2,1-3H3,(H,28,35)(H,27,29,33). The van der Waals surface area contributed by atoms with Gasteiger partial charge in [0.25, 0.3) is 5.56 Å². The second-order valence-corrected chi connectivity index (χ2v) is 10.1. The van der Waals surface area contributed by atoms with Crippen LogP contribution < -0.4 is 15.8 Å². The average molecular weight is 503 g/mol. The molecule has 3 aromatic heterocycles. The first-order valence-electron chi connectivity index (χ1n) is 11.7. The van der Waals surface area contributed by atoms with E-state index >= 15 is 0 Å². The molecule has 0 saturated carbocycles. The third kappa shape index (κ3) is 4.72. The molecule has 0 aliphatic carbocycles. The van der Waals surface area contributed by atoms with Gasteiger partial charge in [-0.3, -0.25) is 19.4 Å². The Morgan fingerprint density at radius 1 is 1.17 bits per heavy atom. The Morgan fingerprint density at radius 2 is 1.94 bits per heavy atom. The number of thiophene rings is 1. The van der Waals surface area contributed by atoms with Crippen LogP contribution >= 0.6 is 11.3 Å². The SMILES string of the molecule is Cc1ccc(N2CC(C(=O)Nc3cc(-c4cccs4)nn3-c3nc(C(C)C)cc(=O)[nH]3)CC2=O)cc1. The number of carbonyl (C=O) groups excluding carboxylic acids is 2. The number of hydrogen-bond donors (Lipinski definition) is 2. The summed E-state index contributed by atoms with van der Waals surface area (Å²) in [5.41, 5.74) is 2.83. The first-order valence-corrected chi connectivity index (χ1v) is 12.6. The Bertz CT molecular complexity index is 1470. The lowest BCUT2D eigenvalue weighted by Gasteiger charge is -2.17. The zero-order valence-corrected chi connectivity index (χ0v) is 21.0. The molecule has 1 fully saturated rings. The van der Waals surface area contributed by atoms with Crippen molar-refractivity contribution in [2.24, 2.45) is 5.92 Å². The van der Waals surface area contributed by atoms with Crippen LogP contribution in [0.5, 0.6) is 0 Å². The number of amides is 2. The Kier molecular flexibility index (Phi) is 6.27. The monoisotopic (exact) mass is 502 g/mol. The second kappa shape index (κ2) is 9.54. The highest BCUT2D eigenvalue weighted by atomic mass is 32.1. The molecule has 0 radical (unpaired) electrons. The van der Waals surface area contributed by atoms with E-state index in [4.69, 9.17) is 0 Å². The molecule has 4 aromatic rings. The number of aryl methyl sites for hydroxylation is 1. The van der Waals surface area contributed by atoms with Gasteiger partial charge in [0, 0.05) is 30.8 Å². The van der Waals surface area contributed by atoms with Crippen LogP contribution in [0, 0.1) is 12.8 Å². The van der Waals surface area contributed by atoms with Crippen molar-refractivity contribution in [2.45, 2.75) is 33.1 Å². The number of rotatable bonds is 6. The van der Waals surface area contributed by atoms with E-state index in [1.807, 2.05) is 62.5 Å². The smallest absolute Gasteiger partial charge is 0.252 e. The third-order valence-electron chi connectivity index (χ3n) is 6.12. The molecule has 1 saturated heterocycles. The van der Waals surface area contributed by atoms with Gasteiger partial charge in [0.05, 0.1) is 16.5 Å². The molecule has 2 N–H and O–H groups in total. The van der Waals surface area contributed by atoms with Gasteiger partial charge in [-0.1, -0.05) is 37.6 Å². The minimum Gasteiger partial charge on any atom is -0.312 e. The zero-order chi connectivity index (χ0) is 25.4. The summed E-state index contributed by atoms with van der Waals surface area (Å²) in [6.45, 7) is 6.17. The molecule has 1 unspecified atom stereocenters. The maximum absolute atomic E-state index is 13.3. The number of carbonyl (C=O) groups is 2. The summed E-state index contributed by atoms with van der Waals surface area (Å²) in [6.07, 6.45) is 0.115. The van der Waals surface area contributed by atoms with Crippen molar-refractivity contribution >= 4 is 34.7 Å². The van der Waals surface area contributed by atoms with E-state index in [0.717, 1.165) is 16.1 Å². The lowest BCUT2D eigenvalue weighted by atomic mass is 10.1. The van der Waals surface area contributed by atoms with Crippen molar-refractivity contribution in [3.63, 3.8) is 0 Å². The van der Waals surface area contributed by atoms with E-state index in [1.165, 1.54) is 22.1 Å². The molecule has 184 valence electrons. The topological polar surface area (TPSA) is 113 Å². The number of nitrogens with one attached hydrogen (secondary N) is 2. The van der Waals surface area contributed by atoms with Gasteiger partial charge in [0.15, 0.2) is 0 Å². The summed E-state index contributed by atoms with van der Waals surface area (Å²) in [7, 11) is 0. The minimum atomic E-state index is -0.527. The largest absolute Gasteiger partial charge is 0.312 e. The van der Waals surface area contributed by atoms with E-state index in [1.54, 1.807) is 11.0 Å². The number of aromatic nitrogens is 4. The number of hydrogen-bond acceptors (Lipinski definition) is 6. The molecule has 36 heavy (non-hydrogen) atoms. The minimum absolute atomic E-state index is 0.0358. The lowest BCUT2D eigenvalue weighted by molar-refractivity contribution is -0.122. The molecule has 1 atom stereocenters. The molecule has 10 heteroatoms. The second-order valence-electron chi connectivity index (χ2n) is 9.18. The van der Waals surface area contributed by atoms with Crippen LogP contribution in [0.1, 0.15) is 37.4 Å². The van der Waals surface area contributed by atoms with Crippen LogP contribution in [0.2, 0.25) is 0 Å². The molecule has 2 amide bonds. The maximum Gasteiger partial charge on any atom is 0.252 e. The molecule has 0 bridgehead atoms. The van der Waals surface area contributed by atoms with Crippen molar-refractivity contribution < 1.29 is 9.59 Å². The van der Waals surface area contributed by atoms with E-state index in [-0.39, 0.29) is 42.2 Å². The quantitative estimate of drug-likeness (QED) is 0.412. The molecule has 9 nitrogen and oxygen atoms in total. The van der Waals surface area contributed by atoms with Crippen LogP contribution in [0.25, 0.3) is 16.5 Å². The highest BCUT2D eigenvalue weighted by Gasteiger charge is 2.35. The van der Waals surface area contributed by atoms with Crippen LogP contribution in [-0.2, 0) is 9.59 Å². The predicted molar refractivity (Wildman–Crippen MR) is 140 cm³/mol. The Balaban J connectivity index is 1.45. The van der Waals surface area contributed by atoms with Gasteiger partial charge in [0.2, 0.25) is 17.8 Å². The molecule has 1 aliphatic heterocycles. The molecular weight excluding hydrogens is 476 g/mol. The molecule has 5 rings (SSSR count). The number of aromatic amines is 1. The van der Waals surface area contributed by atoms with Crippen molar-refractivity contribution in [3.05, 3.63) is 75.5 Å². The molecule has 4 heterocycles.